The van der Waals surface area contributed by atoms with Gasteiger partial charge in [-0.1, -0.05) is 11.3 Å². The first-order chi connectivity index (χ1) is 9.31. The lowest BCUT2D eigenvalue weighted by Gasteiger charge is -2.20. The van der Waals surface area contributed by atoms with E-state index in [2.05, 4.69) is 32.2 Å². The van der Waals surface area contributed by atoms with Gasteiger partial charge in [0.2, 0.25) is 5.13 Å². The molecule has 0 amide bonds. The highest BCUT2D eigenvalue weighted by atomic mass is 32.1. The van der Waals surface area contributed by atoms with Crippen molar-refractivity contribution in [2.75, 3.05) is 51.2 Å². The van der Waals surface area contributed by atoms with Crippen molar-refractivity contribution in [3.63, 3.8) is 0 Å². The SMILES string of the molecule is CCNc1nnc(CN2CCCN(CCO)CC2)s1. The van der Waals surface area contributed by atoms with Crippen LogP contribution in [0, 0.1) is 0 Å². The second-order valence-corrected chi connectivity index (χ2v) is 5.79. The van der Waals surface area contributed by atoms with Crippen LogP contribution in [0.2, 0.25) is 0 Å². The number of hydrogen-bond acceptors (Lipinski definition) is 7. The summed E-state index contributed by atoms with van der Waals surface area (Å²) in [4.78, 5) is 4.75. The van der Waals surface area contributed by atoms with Gasteiger partial charge < -0.3 is 10.4 Å². The first-order valence-electron chi connectivity index (χ1n) is 6.93. The van der Waals surface area contributed by atoms with Crippen LogP contribution >= 0.6 is 11.3 Å². The number of aliphatic hydroxyl groups excluding tert-OH is 1. The molecule has 7 heteroatoms. The number of anilines is 1. The summed E-state index contributed by atoms with van der Waals surface area (Å²) in [6.07, 6.45) is 1.15. The molecule has 1 fully saturated rings. The molecule has 1 aliphatic rings. The van der Waals surface area contributed by atoms with Gasteiger partial charge in [-0.3, -0.25) is 9.80 Å². The van der Waals surface area contributed by atoms with Gasteiger partial charge in [0, 0.05) is 26.2 Å². The Kier molecular flexibility index (Phi) is 5.96. The minimum atomic E-state index is 0.252. The summed E-state index contributed by atoms with van der Waals surface area (Å²) in [5.74, 6) is 0. The van der Waals surface area contributed by atoms with E-state index < -0.39 is 0 Å². The van der Waals surface area contributed by atoms with Gasteiger partial charge in [0.25, 0.3) is 0 Å². The number of nitrogens with zero attached hydrogens (tertiary/aromatic N) is 4. The molecule has 0 saturated carbocycles. The molecule has 2 N–H and O–H groups in total. The maximum absolute atomic E-state index is 8.99. The van der Waals surface area contributed by atoms with Gasteiger partial charge in [-0.2, -0.15) is 0 Å². The Balaban J connectivity index is 1.81. The Morgan fingerprint density at radius 3 is 2.79 bits per heavy atom. The van der Waals surface area contributed by atoms with Crippen molar-refractivity contribution in [3.05, 3.63) is 5.01 Å². The highest BCUT2D eigenvalue weighted by molar-refractivity contribution is 7.15. The van der Waals surface area contributed by atoms with E-state index in [1.54, 1.807) is 11.3 Å². The van der Waals surface area contributed by atoms with Gasteiger partial charge in [0.1, 0.15) is 5.01 Å². The number of aromatic nitrogens is 2. The van der Waals surface area contributed by atoms with Crippen molar-refractivity contribution >= 4 is 16.5 Å². The van der Waals surface area contributed by atoms with Crippen molar-refractivity contribution in [2.45, 2.75) is 19.9 Å². The predicted molar refractivity (Wildman–Crippen MR) is 77.5 cm³/mol. The molecule has 6 nitrogen and oxygen atoms in total. The lowest BCUT2D eigenvalue weighted by Crippen LogP contribution is -2.32. The molecule has 1 saturated heterocycles. The maximum Gasteiger partial charge on any atom is 0.205 e. The van der Waals surface area contributed by atoms with E-state index in [1.165, 1.54) is 0 Å². The Morgan fingerprint density at radius 2 is 2.00 bits per heavy atom. The second-order valence-electron chi connectivity index (χ2n) is 4.73. The van der Waals surface area contributed by atoms with Gasteiger partial charge in [0.05, 0.1) is 13.2 Å². The van der Waals surface area contributed by atoms with Crippen LogP contribution in [0.15, 0.2) is 0 Å². The molecule has 19 heavy (non-hydrogen) atoms. The van der Waals surface area contributed by atoms with E-state index in [0.717, 1.165) is 62.4 Å². The van der Waals surface area contributed by atoms with Crippen molar-refractivity contribution in [1.82, 2.24) is 20.0 Å². The van der Waals surface area contributed by atoms with E-state index in [-0.39, 0.29) is 6.61 Å². The van der Waals surface area contributed by atoms with Crippen molar-refractivity contribution in [1.29, 1.82) is 0 Å². The number of aliphatic hydroxyl groups is 1. The smallest absolute Gasteiger partial charge is 0.205 e. The van der Waals surface area contributed by atoms with Crippen molar-refractivity contribution in [2.24, 2.45) is 0 Å². The molecular weight excluding hydrogens is 262 g/mol. The van der Waals surface area contributed by atoms with Crippen LogP contribution in [0.4, 0.5) is 5.13 Å². The van der Waals surface area contributed by atoms with E-state index in [9.17, 15) is 0 Å². The predicted octanol–water partition coefficient (Wildman–Crippen LogP) is 0.470. The monoisotopic (exact) mass is 285 g/mol. The number of rotatable bonds is 6. The molecule has 0 bridgehead atoms. The second kappa shape index (κ2) is 7.74. The summed E-state index contributed by atoms with van der Waals surface area (Å²) in [5, 5.41) is 22.5. The van der Waals surface area contributed by atoms with Crippen LogP contribution in [0.5, 0.6) is 0 Å². The molecule has 0 radical (unpaired) electrons. The first-order valence-corrected chi connectivity index (χ1v) is 7.75. The molecule has 108 valence electrons. The van der Waals surface area contributed by atoms with E-state index in [0.29, 0.717) is 0 Å². The normalized spacial score (nSPS) is 18.4. The molecule has 1 aliphatic heterocycles. The fourth-order valence-corrected chi connectivity index (χ4v) is 3.13. The standard InChI is InChI=1S/C12H23N5OS/c1-2-13-12-15-14-11(19-12)10-17-5-3-4-16(6-7-17)8-9-18/h18H,2-10H2,1H3,(H,13,15). The zero-order chi connectivity index (χ0) is 13.5. The Bertz CT molecular complexity index is 373. The highest BCUT2D eigenvalue weighted by Crippen LogP contribution is 2.17. The molecule has 0 aromatic carbocycles. The average Bonchev–Trinajstić information content (AvgIpc) is 2.71. The zero-order valence-electron chi connectivity index (χ0n) is 11.5. The van der Waals surface area contributed by atoms with E-state index in [1.807, 2.05) is 0 Å². The molecular formula is C12H23N5OS. The Hall–Kier alpha value is -0.760. The third kappa shape index (κ3) is 4.68. The number of β-amino-alcohol motifs (C(OH)–C–C–N with tert-alkyl or cyclic N) is 1. The quantitative estimate of drug-likeness (QED) is 0.792. The fourth-order valence-electron chi connectivity index (χ4n) is 2.28. The Morgan fingerprint density at radius 1 is 1.21 bits per heavy atom. The summed E-state index contributed by atoms with van der Waals surface area (Å²) in [6, 6.07) is 0. The van der Waals surface area contributed by atoms with Crippen LogP contribution in [0.3, 0.4) is 0 Å². The molecule has 0 aliphatic carbocycles. The van der Waals surface area contributed by atoms with Crippen LogP contribution in [0.1, 0.15) is 18.4 Å². The molecule has 2 heterocycles. The maximum atomic E-state index is 8.99. The van der Waals surface area contributed by atoms with Crippen LogP contribution in [-0.2, 0) is 6.54 Å². The van der Waals surface area contributed by atoms with E-state index in [4.69, 9.17) is 5.11 Å². The Labute approximate surface area is 118 Å². The number of nitrogens with one attached hydrogen (secondary N) is 1. The third-order valence-corrected chi connectivity index (χ3v) is 4.12. The minimum absolute atomic E-state index is 0.252. The average molecular weight is 285 g/mol. The lowest BCUT2D eigenvalue weighted by molar-refractivity contribution is 0.196. The minimum Gasteiger partial charge on any atom is -0.395 e. The first kappa shape index (κ1) is 14.6. The van der Waals surface area contributed by atoms with Gasteiger partial charge in [-0.25, -0.2) is 0 Å². The molecule has 0 unspecified atom stereocenters. The lowest BCUT2D eigenvalue weighted by atomic mass is 10.4. The van der Waals surface area contributed by atoms with Crippen LogP contribution in [0.25, 0.3) is 0 Å². The molecule has 0 atom stereocenters. The van der Waals surface area contributed by atoms with Crippen molar-refractivity contribution in [3.8, 4) is 0 Å². The highest BCUT2D eigenvalue weighted by Gasteiger charge is 2.16. The summed E-state index contributed by atoms with van der Waals surface area (Å²) in [6.45, 7) is 9.11. The fraction of sp³-hybridized carbons (Fsp3) is 0.833. The summed E-state index contributed by atoms with van der Waals surface area (Å²) in [5.41, 5.74) is 0. The summed E-state index contributed by atoms with van der Waals surface area (Å²) >= 11 is 1.64. The van der Waals surface area contributed by atoms with Crippen LogP contribution in [-0.4, -0.2) is 71.0 Å². The van der Waals surface area contributed by atoms with Crippen LogP contribution < -0.4 is 5.32 Å². The van der Waals surface area contributed by atoms with Gasteiger partial charge in [-0.05, 0) is 26.4 Å². The third-order valence-electron chi connectivity index (χ3n) is 3.25. The van der Waals surface area contributed by atoms with Crippen molar-refractivity contribution < 1.29 is 5.11 Å². The summed E-state index contributed by atoms with van der Waals surface area (Å²) in [7, 11) is 0. The molecule has 1 aromatic rings. The van der Waals surface area contributed by atoms with Gasteiger partial charge in [0.15, 0.2) is 0 Å². The van der Waals surface area contributed by atoms with Gasteiger partial charge in [-0.15, -0.1) is 10.2 Å². The molecule has 2 rings (SSSR count). The van der Waals surface area contributed by atoms with E-state index >= 15 is 0 Å². The largest absolute Gasteiger partial charge is 0.395 e. The number of hydrogen-bond donors (Lipinski definition) is 2. The molecule has 0 spiro atoms. The van der Waals surface area contributed by atoms with Gasteiger partial charge >= 0.3 is 0 Å². The topological polar surface area (TPSA) is 64.5 Å². The molecule has 1 aromatic heterocycles. The zero-order valence-corrected chi connectivity index (χ0v) is 12.3. The summed E-state index contributed by atoms with van der Waals surface area (Å²) < 4.78 is 0.